The van der Waals surface area contributed by atoms with Crippen molar-refractivity contribution in [2.45, 2.75) is 201 Å². The van der Waals surface area contributed by atoms with Gasteiger partial charge in [-0.25, -0.2) is 0 Å². The zero-order valence-corrected chi connectivity index (χ0v) is 23.9. The van der Waals surface area contributed by atoms with Gasteiger partial charge in [0.05, 0.1) is 0 Å². The molecule has 0 unspecified atom stereocenters. The summed E-state index contributed by atoms with van der Waals surface area (Å²) in [6.45, 7) is 6.87. The molecule has 0 spiro atoms. The second-order valence-electron chi connectivity index (χ2n) is 10.9. The number of hydrogen-bond donors (Lipinski definition) is 0. The third-order valence-electron chi connectivity index (χ3n) is 7.61. The van der Waals surface area contributed by atoms with Crippen molar-refractivity contribution < 1.29 is 0 Å². The lowest BCUT2D eigenvalue weighted by molar-refractivity contribution is 0.533. The zero-order valence-electron chi connectivity index (χ0n) is 23.9. The monoisotopic (exact) mass is 463 g/mol. The molecule has 0 fully saturated rings. The van der Waals surface area contributed by atoms with E-state index in [1.54, 1.807) is 5.57 Å². The Morgan fingerprint density at radius 2 is 0.545 bits per heavy atom. The van der Waals surface area contributed by atoms with E-state index in [4.69, 9.17) is 0 Å². The average molecular weight is 463 g/mol. The molecule has 0 saturated carbocycles. The Balaban J connectivity index is 3.28. The van der Waals surface area contributed by atoms with Crippen LogP contribution in [0, 0.1) is 0 Å². The fraction of sp³-hybridized carbons (Fsp3) is 0.939. The molecule has 0 aromatic heterocycles. The molecule has 0 aromatic rings. The van der Waals surface area contributed by atoms with Crippen LogP contribution in [0.4, 0.5) is 0 Å². The van der Waals surface area contributed by atoms with Gasteiger partial charge in [0.2, 0.25) is 0 Å². The first-order valence-corrected chi connectivity index (χ1v) is 16.0. The minimum absolute atomic E-state index is 1.37. The summed E-state index contributed by atoms with van der Waals surface area (Å²) in [6, 6.07) is 0. The first-order chi connectivity index (χ1) is 16.3. The fourth-order valence-electron chi connectivity index (χ4n) is 5.15. The van der Waals surface area contributed by atoms with Crippen molar-refractivity contribution in [2.24, 2.45) is 0 Å². The molecule has 0 aliphatic rings. The SMILES string of the molecule is CC=C(CCCCCCCCCCCCCCC)CCCCCCCCCCCCCCC. The molecule has 0 N–H and O–H groups in total. The Morgan fingerprint density at radius 1 is 0.333 bits per heavy atom. The van der Waals surface area contributed by atoms with Crippen molar-refractivity contribution in [1.29, 1.82) is 0 Å². The van der Waals surface area contributed by atoms with Gasteiger partial charge in [-0.2, -0.15) is 0 Å². The Labute approximate surface area is 212 Å². The maximum atomic E-state index is 2.42. The van der Waals surface area contributed by atoms with Crippen LogP contribution in [-0.4, -0.2) is 0 Å². The van der Waals surface area contributed by atoms with E-state index in [1.165, 1.54) is 180 Å². The van der Waals surface area contributed by atoms with Gasteiger partial charge < -0.3 is 0 Å². The molecule has 0 amide bonds. The highest BCUT2D eigenvalue weighted by Crippen LogP contribution is 2.19. The predicted octanol–water partition coefficient (Wildman–Crippen LogP) is 12.9. The quantitative estimate of drug-likeness (QED) is 0.0800. The van der Waals surface area contributed by atoms with E-state index in [0.717, 1.165) is 0 Å². The molecule has 0 radical (unpaired) electrons. The van der Waals surface area contributed by atoms with Gasteiger partial charge in [0, 0.05) is 0 Å². The Hall–Kier alpha value is -0.260. The van der Waals surface area contributed by atoms with Crippen LogP contribution in [-0.2, 0) is 0 Å². The topological polar surface area (TPSA) is 0 Å². The molecule has 0 heteroatoms. The van der Waals surface area contributed by atoms with E-state index in [-0.39, 0.29) is 0 Å². The number of rotatable bonds is 28. The molecular weight excluding hydrogens is 396 g/mol. The van der Waals surface area contributed by atoms with Crippen LogP contribution in [0.25, 0.3) is 0 Å². The molecule has 0 aliphatic carbocycles. The Kier molecular flexibility index (Phi) is 29.5. The lowest BCUT2D eigenvalue weighted by atomic mass is 9.99. The number of allylic oxidation sites excluding steroid dienone is 2. The lowest BCUT2D eigenvalue weighted by Crippen LogP contribution is -1.88. The molecule has 0 rings (SSSR count). The molecule has 33 heavy (non-hydrogen) atoms. The highest BCUT2D eigenvalue weighted by atomic mass is 14.1. The highest BCUT2D eigenvalue weighted by Gasteiger charge is 1.99. The normalized spacial score (nSPS) is 11.2. The average Bonchev–Trinajstić information content (AvgIpc) is 2.83. The van der Waals surface area contributed by atoms with Crippen molar-refractivity contribution in [3.63, 3.8) is 0 Å². The van der Waals surface area contributed by atoms with Crippen molar-refractivity contribution >= 4 is 0 Å². The van der Waals surface area contributed by atoms with Crippen molar-refractivity contribution in [3.05, 3.63) is 11.6 Å². The van der Waals surface area contributed by atoms with E-state index in [9.17, 15) is 0 Å². The number of hydrogen-bond acceptors (Lipinski definition) is 0. The zero-order chi connectivity index (χ0) is 24.1. The molecule has 0 nitrogen and oxygen atoms in total. The fourth-order valence-corrected chi connectivity index (χ4v) is 5.15. The molecular formula is C33H66. The van der Waals surface area contributed by atoms with E-state index in [0.29, 0.717) is 0 Å². The van der Waals surface area contributed by atoms with Crippen molar-refractivity contribution in [2.75, 3.05) is 0 Å². The number of unbranched alkanes of at least 4 members (excludes halogenated alkanes) is 24. The van der Waals surface area contributed by atoms with E-state index >= 15 is 0 Å². The van der Waals surface area contributed by atoms with E-state index < -0.39 is 0 Å². The van der Waals surface area contributed by atoms with Crippen LogP contribution in [0.15, 0.2) is 11.6 Å². The predicted molar refractivity (Wildman–Crippen MR) is 154 cm³/mol. The van der Waals surface area contributed by atoms with Crippen LogP contribution in [0.5, 0.6) is 0 Å². The van der Waals surface area contributed by atoms with Gasteiger partial charge in [-0.05, 0) is 32.6 Å². The second-order valence-corrected chi connectivity index (χ2v) is 10.9. The van der Waals surface area contributed by atoms with Gasteiger partial charge in [0.1, 0.15) is 0 Å². The molecule has 0 saturated heterocycles. The summed E-state index contributed by atoms with van der Waals surface area (Å²) in [4.78, 5) is 0. The van der Waals surface area contributed by atoms with Crippen LogP contribution < -0.4 is 0 Å². The minimum Gasteiger partial charge on any atom is -0.0885 e. The van der Waals surface area contributed by atoms with Gasteiger partial charge in [0.25, 0.3) is 0 Å². The van der Waals surface area contributed by atoms with Gasteiger partial charge in [0.15, 0.2) is 0 Å². The largest absolute Gasteiger partial charge is 0.0885 e. The van der Waals surface area contributed by atoms with Gasteiger partial charge in [-0.1, -0.05) is 180 Å². The van der Waals surface area contributed by atoms with Gasteiger partial charge in [-0.15, -0.1) is 0 Å². The smallest absolute Gasteiger partial charge is 0.0320 e. The first kappa shape index (κ1) is 32.7. The van der Waals surface area contributed by atoms with E-state index in [1.807, 2.05) is 0 Å². The summed E-state index contributed by atoms with van der Waals surface area (Å²) < 4.78 is 0. The summed E-state index contributed by atoms with van der Waals surface area (Å²) in [5.74, 6) is 0. The summed E-state index contributed by atoms with van der Waals surface area (Å²) in [5, 5.41) is 0. The van der Waals surface area contributed by atoms with Crippen molar-refractivity contribution in [1.82, 2.24) is 0 Å². The summed E-state index contributed by atoms with van der Waals surface area (Å²) >= 11 is 0. The minimum atomic E-state index is 1.37. The van der Waals surface area contributed by atoms with Gasteiger partial charge in [-0.3, -0.25) is 0 Å². The molecule has 0 aromatic carbocycles. The highest BCUT2D eigenvalue weighted by molar-refractivity contribution is 4.99. The maximum absolute atomic E-state index is 2.42. The van der Waals surface area contributed by atoms with Gasteiger partial charge >= 0.3 is 0 Å². The lowest BCUT2D eigenvalue weighted by Gasteiger charge is -2.08. The Morgan fingerprint density at radius 3 is 0.758 bits per heavy atom. The third kappa shape index (κ3) is 27.9. The molecule has 0 heterocycles. The standard InChI is InChI=1S/C33H66/c1-4-7-9-11-13-15-17-19-21-23-25-27-29-31-33(6-3)32-30-28-26-24-22-20-18-16-14-12-10-8-5-2/h6H,4-5,7-32H2,1-3H3. The second kappa shape index (κ2) is 29.8. The molecule has 0 aliphatic heterocycles. The third-order valence-corrected chi connectivity index (χ3v) is 7.61. The molecule has 198 valence electrons. The van der Waals surface area contributed by atoms with Crippen LogP contribution in [0.2, 0.25) is 0 Å². The van der Waals surface area contributed by atoms with Crippen LogP contribution in [0.3, 0.4) is 0 Å². The van der Waals surface area contributed by atoms with Crippen LogP contribution >= 0.6 is 0 Å². The summed E-state index contributed by atoms with van der Waals surface area (Å²) in [5.41, 5.74) is 1.74. The Bertz CT molecular complexity index is 334. The van der Waals surface area contributed by atoms with Crippen molar-refractivity contribution in [3.8, 4) is 0 Å². The maximum Gasteiger partial charge on any atom is -0.0320 e. The summed E-state index contributed by atoms with van der Waals surface area (Å²) in [6.07, 6.45) is 43.1. The first-order valence-electron chi connectivity index (χ1n) is 16.0. The summed E-state index contributed by atoms with van der Waals surface area (Å²) in [7, 11) is 0. The van der Waals surface area contributed by atoms with Crippen LogP contribution in [0.1, 0.15) is 201 Å². The molecule has 0 atom stereocenters. The molecule has 0 bridgehead atoms. The van der Waals surface area contributed by atoms with E-state index in [2.05, 4.69) is 26.8 Å².